The molecular formula is C12H20N2. The molecule has 0 aliphatic rings. The third-order valence-corrected chi connectivity index (χ3v) is 2.44. The smallest absolute Gasteiger partial charge is 0.0408 e. The van der Waals surface area contributed by atoms with Crippen molar-refractivity contribution in [2.45, 2.75) is 26.7 Å². The van der Waals surface area contributed by atoms with Gasteiger partial charge in [-0.3, -0.25) is 4.98 Å². The van der Waals surface area contributed by atoms with E-state index >= 15 is 0 Å². The molecule has 0 fully saturated rings. The van der Waals surface area contributed by atoms with Crippen molar-refractivity contribution in [3.63, 3.8) is 0 Å². The Morgan fingerprint density at radius 1 is 1.36 bits per heavy atom. The molecule has 0 aliphatic carbocycles. The first kappa shape index (κ1) is 11.2. The van der Waals surface area contributed by atoms with Gasteiger partial charge in [0.25, 0.3) is 0 Å². The number of aromatic nitrogens is 1. The fourth-order valence-electron chi connectivity index (χ4n) is 1.54. The molecule has 0 saturated carbocycles. The Morgan fingerprint density at radius 2 is 2.14 bits per heavy atom. The van der Waals surface area contributed by atoms with E-state index in [9.17, 15) is 0 Å². The van der Waals surface area contributed by atoms with E-state index in [1.807, 2.05) is 19.3 Å². The SMILES string of the molecule is CNCCC(C)(C)Cc1ccccn1. The van der Waals surface area contributed by atoms with Crippen LogP contribution in [0.1, 0.15) is 26.0 Å². The van der Waals surface area contributed by atoms with Gasteiger partial charge in [-0.1, -0.05) is 19.9 Å². The van der Waals surface area contributed by atoms with Gasteiger partial charge in [-0.05, 0) is 44.0 Å². The zero-order valence-electron chi connectivity index (χ0n) is 9.38. The first-order valence-electron chi connectivity index (χ1n) is 5.18. The van der Waals surface area contributed by atoms with E-state index in [4.69, 9.17) is 0 Å². The summed E-state index contributed by atoms with van der Waals surface area (Å²) in [4.78, 5) is 4.35. The predicted octanol–water partition coefficient (Wildman–Crippen LogP) is 2.26. The summed E-state index contributed by atoms with van der Waals surface area (Å²) in [6.45, 7) is 5.65. The molecule has 2 heteroatoms. The summed E-state index contributed by atoms with van der Waals surface area (Å²) in [5.74, 6) is 0. The van der Waals surface area contributed by atoms with Crippen LogP contribution >= 0.6 is 0 Å². The average Bonchev–Trinajstić information content (AvgIpc) is 2.16. The summed E-state index contributed by atoms with van der Waals surface area (Å²) in [5.41, 5.74) is 1.52. The lowest BCUT2D eigenvalue weighted by molar-refractivity contribution is 0.326. The van der Waals surface area contributed by atoms with Gasteiger partial charge >= 0.3 is 0 Å². The number of hydrogen-bond donors (Lipinski definition) is 1. The van der Waals surface area contributed by atoms with E-state index < -0.39 is 0 Å². The van der Waals surface area contributed by atoms with Gasteiger partial charge in [0.15, 0.2) is 0 Å². The maximum absolute atomic E-state index is 4.35. The standard InChI is InChI=1S/C12H20N2/c1-12(2,7-9-13-3)10-11-6-4-5-8-14-11/h4-6,8,13H,7,9-10H2,1-3H3. The molecule has 0 spiro atoms. The number of nitrogens with zero attached hydrogens (tertiary/aromatic N) is 1. The maximum Gasteiger partial charge on any atom is 0.0408 e. The highest BCUT2D eigenvalue weighted by molar-refractivity contribution is 5.05. The topological polar surface area (TPSA) is 24.9 Å². The highest BCUT2D eigenvalue weighted by Gasteiger charge is 2.18. The van der Waals surface area contributed by atoms with Crippen LogP contribution in [0.4, 0.5) is 0 Å². The normalized spacial score (nSPS) is 11.6. The molecule has 1 heterocycles. The van der Waals surface area contributed by atoms with Crippen molar-refractivity contribution in [3.05, 3.63) is 30.1 Å². The lowest BCUT2D eigenvalue weighted by Crippen LogP contribution is -2.22. The van der Waals surface area contributed by atoms with Gasteiger partial charge in [0.1, 0.15) is 0 Å². The molecule has 0 atom stereocenters. The van der Waals surface area contributed by atoms with Gasteiger partial charge in [0, 0.05) is 11.9 Å². The summed E-state index contributed by atoms with van der Waals surface area (Å²) >= 11 is 0. The van der Waals surface area contributed by atoms with Crippen molar-refractivity contribution in [1.82, 2.24) is 10.3 Å². The Hall–Kier alpha value is -0.890. The summed E-state index contributed by atoms with van der Waals surface area (Å²) in [5, 5.41) is 3.19. The first-order valence-corrected chi connectivity index (χ1v) is 5.18. The van der Waals surface area contributed by atoms with Crippen LogP contribution in [0.5, 0.6) is 0 Å². The van der Waals surface area contributed by atoms with Crippen molar-refractivity contribution in [3.8, 4) is 0 Å². The second-order valence-corrected chi connectivity index (χ2v) is 4.52. The second kappa shape index (κ2) is 5.11. The molecular weight excluding hydrogens is 172 g/mol. The van der Waals surface area contributed by atoms with Gasteiger partial charge < -0.3 is 5.32 Å². The first-order chi connectivity index (χ1) is 6.64. The molecule has 0 radical (unpaired) electrons. The van der Waals surface area contributed by atoms with Gasteiger partial charge in [0.05, 0.1) is 0 Å². The van der Waals surface area contributed by atoms with Crippen LogP contribution in [-0.4, -0.2) is 18.6 Å². The highest BCUT2D eigenvalue weighted by Crippen LogP contribution is 2.24. The van der Waals surface area contributed by atoms with Crippen molar-refractivity contribution >= 4 is 0 Å². The molecule has 0 unspecified atom stereocenters. The molecule has 0 aliphatic heterocycles. The molecule has 0 saturated heterocycles. The van der Waals surface area contributed by atoms with Crippen molar-refractivity contribution in [2.24, 2.45) is 5.41 Å². The van der Waals surface area contributed by atoms with E-state index in [1.165, 1.54) is 12.1 Å². The van der Waals surface area contributed by atoms with Crippen LogP contribution in [0.15, 0.2) is 24.4 Å². The molecule has 0 amide bonds. The molecule has 0 aromatic carbocycles. The maximum atomic E-state index is 4.35. The van der Waals surface area contributed by atoms with Crippen LogP contribution in [-0.2, 0) is 6.42 Å². The van der Waals surface area contributed by atoms with Crippen molar-refractivity contribution < 1.29 is 0 Å². The molecule has 1 rings (SSSR count). The third kappa shape index (κ3) is 3.88. The van der Waals surface area contributed by atoms with Gasteiger partial charge in [0.2, 0.25) is 0 Å². The predicted molar refractivity (Wildman–Crippen MR) is 60.3 cm³/mol. The van der Waals surface area contributed by atoms with E-state index in [2.05, 4.69) is 36.3 Å². The summed E-state index contributed by atoms with van der Waals surface area (Å²) in [6, 6.07) is 6.11. The molecule has 14 heavy (non-hydrogen) atoms. The Bertz CT molecular complexity index is 254. The van der Waals surface area contributed by atoms with E-state index in [0.717, 1.165) is 13.0 Å². The lowest BCUT2D eigenvalue weighted by atomic mass is 9.84. The Kier molecular flexibility index (Phi) is 4.08. The number of pyridine rings is 1. The van der Waals surface area contributed by atoms with E-state index in [0.29, 0.717) is 5.41 Å². The van der Waals surface area contributed by atoms with Crippen molar-refractivity contribution in [2.75, 3.05) is 13.6 Å². The van der Waals surface area contributed by atoms with Crippen molar-refractivity contribution in [1.29, 1.82) is 0 Å². The Morgan fingerprint density at radius 3 is 2.71 bits per heavy atom. The summed E-state index contributed by atoms with van der Waals surface area (Å²) < 4.78 is 0. The second-order valence-electron chi connectivity index (χ2n) is 4.52. The number of rotatable bonds is 5. The number of nitrogens with one attached hydrogen (secondary N) is 1. The zero-order valence-corrected chi connectivity index (χ0v) is 9.38. The minimum Gasteiger partial charge on any atom is -0.320 e. The van der Waals surface area contributed by atoms with Crippen LogP contribution in [0.25, 0.3) is 0 Å². The molecule has 78 valence electrons. The molecule has 1 N–H and O–H groups in total. The zero-order chi connectivity index (χ0) is 10.4. The summed E-state index contributed by atoms with van der Waals surface area (Å²) in [6.07, 6.45) is 4.10. The quantitative estimate of drug-likeness (QED) is 0.774. The minimum absolute atomic E-state index is 0.331. The Balaban J connectivity index is 2.50. The Labute approximate surface area is 86.8 Å². The third-order valence-electron chi connectivity index (χ3n) is 2.44. The molecule has 1 aromatic heterocycles. The van der Waals surface area contributed by atoms with Crippen LogP contribution in [0, 0.1) is 5.41 Å². The highest BCUT2D eigenvalue weighted by atomic mass is 14.8. The van der Waals surface area contributed by atoms with Gasteiger partial charge in [-0.25, -0.2) is 0 Å². The molecule has 1 aromatic rings. The largest absolute Gasteiger partial charge is 0.320 e. The molecule has 2 nitrogen and oxygen atoms in total. The lowest BCUT2D eigenvalue weighted by Gasteiger charge is -2.23. The average molecular weight is 192 g/mol. The minimum atomic E-state index is 0.331. The fraction of sp³-hybridized carbons (Fsp3) is 0.583. The summed E-state index contributed by atoms with van der Waals surface area (Å²) in [7, 11) is 2.00. The van der Waals surface area contributed by atoms with E-state index in [-0.39, 0.29) is 0 Å². The van der Waals surface area contributed by atoms with Gasteiger partial charge in [-0.2, -0.15) is 0 Å². The monoisotopic (exact) mass is 192 g/mol. The number of hydrogen-bond acceptors (Lipinski definition) is 2. The van der Waals surface area contributed by atoms with E-state index in [1.54, 1.807) is 0 Å². The molecule has 0 bridgehead atoms. The van der Waals surface area contributed by atoms with Crippen LogP contribution in [0.2, 0.25) is 0 Å². The van der Waals surface area contributed by atoms with Crippen LogP contribution in [0.3, 0.4) is 0 Å². The van der Waals surface area contributed by atoms with Crippen LogP contribution < -0.4 is 5.32 Å². The van der Waals surface area contributed by atoms with Gasteiger partial charge in [-0.15, -0.1) is 0 Å². The fourth-order valence-corrected chi connectivity index (χ4v) is 1.54.